The highest BCUT2D eigenvalue weighted by molar-refractivity contribution is 5.76. The summed E-state index contributed by atoms with van der Waals surface area (Å²) in [5, 5.41) is 0. The topological polar surface area (TPSA) is 43.8 Å². The molecular weight excluding hydrogens is 265 g/mol. The SMILES string of the molecule is CC1CCCC(N)(c2nc3cc(F)ccc3n2C2CC2)C1. The zero-order chi connectivity index (χ0) is 14.6. The third kappa shape index (κ3) is 2.16. The monoisotopic (exact) mass is 287 g/mol. The molecule has 4 heteroatoms. The van der Waals surface area contributed by atoms with E-state index in [-0.39, 0.29) is 11.4 Å². The van der Waals surface area contributed by atoms with Gasteiger partial charge >= 0.3 is 0 Å². The van der Waals surface area contributed by atoms with Crippen LogP contribution in [0.3, 0.4) is 0 Å². The van der Waals surface area contributed by atoms with Crippen LogP contribution >= 0.6 is 0 Å². The van der Waals surface area contributed by atoms with Gasteiger partial charge in [0.25, 0.3) is 0 Å². The molecule has 2 fully saturated rings. The molecule has 0 spiro atoms. The number of benzene rings is 1. The molecule has 1 heterocycles. The average molecular weight is 287 g/mol. The molecule has 0 bridgehead atoms. The lowest BCUT2D eigenvalue weighted by Crippen LogP contribution is -2.43. The van der Waals surface area contributed by atoms with Crippen molar-refractivity contribution in [1.82, 2.24) is 9.55 Å². The third-order valence-corrected chi connectivity index (χ3v) is 5.04. The van der Waals surface area contributed by atoms with Crippen molar-refractivity contribution in [2.45, 2.75) is 57.0 Å². The normalized spacial score (nSPS) is 30.0. The molecule has 2 atom stereocenters. The largest absolute Gasteiger partial charge is 0.323 e. The highest BCUT2D eigenvalue weighted by atomic mass is 19.1. The molecule has 2 unspecified atom stereocenters. The van der Waals surface area contributed by atoms with Crippen molar-refractivity contribution in [3.8, 4) is 0 Å². The summed E-state index contributed by atoms with van der Waals surface area (Å²) in [4.78, 5) is 4.76. The minimum absolute atomic E-state index is 0.224. The van der Waals surface area contributed by atoms with Crippen LogP contribution in [0.1, 0.15) is 57.3 Å². The number of aromatic nitrogens is 2. The van der Waals surface area contributed by atoms with E-state index in [9.17, 15) is 4.39 Å². The van der Waals surface area contributed by atoms with Crippen LogP contribution in [0, 0.1) is 11.7 Å². The second-order valence-corrected chi connectivity index (χ2v) is 7.03. The third-order valence-electron chi connectivity index (χ3n) is 5.04. The number of hydrogen-bond acceptors (Lipinski definition) is 2. The first kappa shape index (κ1) is 13.3. The molecule has 1 aromatic heterocycles. The second kappa shape index (κ2) is 4.54. The molecular formula is C17H22FN3. The van der Waals surface area contributed by atoms with Crippen LogP contribution in [0.5, 0.6) is 0 Å². The molecule has 21 heavy (non-hydrogen) atoms. The average Bonchev–Trinajstić information content (AvgIpc) is 3.19. The molecule has 2 aliphatic carbocycles. The van der Waals surface area contributed by atoms with Crippen LogP contribution < -0.4 is 5.73 Å². The fraction of sp³-hybridized carbons (Fsp3) is 0.588. The van der Waals surface area contributed by atoms with Gasteiger partial charge in [-0.3, -0.25) is 0 Å². The van der Waals surface area contributed by atoms with Gasteiger partial charge in [-0.15, -0.1) is 0 Å². The number of imidazole rings is 1. The Morgan fingerprint density at radius 3 is 2.86 bits per heavy atom. The Morgan fingerprint density at radius 2 is 2.14 bits per heavy atom. The van der Waals surface area contributed by atoms with E-state index >= 15 is 0 Å². The number of nitrogens with zero attached hydrogens (tertiary/aromatic N) is 2. The quantitative estimate of drug-likeness (QED) is 0.911. The van der Waals surface area contributed by atoms with Gasteiger partial charge < -0.3 is 10.3 Å². The van der Waals surface area contributed by atoms with Crippen LogP contribution in [0.4, 0.5) is 4.39 Å². The van der Waals surface area contributed by atoms with Crippen molar-refractivity contribution in [3.05, 3.63) is 29.8 Å². The van der Waals surface area contributed by atoms with Gasteiger partial charge in [0.05, 0.1) is 16.6 Å². The van der Waals surface area contributed by atoms with Gasteiger partial charge in [-0.25, -0.2) is 9.37 Å². The first-order chi connectivity index (χ1) is 10.1. The summed E-state index contributed by atoms with van der Waals surface area (Å²) in [6.07, 6.45) is 6.72. The molecule has 0 amide bonds. The van der Waals surface area contributed by atoms with Gasteiger partial charge in [0.2, 0.25) is 0 Å². The van der Waals surface area contributed by atoms with Crippen LogP contribution in [-0.2, 0) is 5.54 Å². The molecule has 3 nitrogen and oxygen atoms in total. The number of rotatable bonds is 2. The molecule has 2 aliphatic rings. The maximum Gasteiger partial charge on any atom is 0.130 e. The summed E-state index contributed by atoms with van der Waals surface area (Å²) in [7, 11) is 0. The Kier molecular flexibility index (Phi) is 2.86. The Bertz CT molecular complexity index is 689. The zero-order valence-corrected chi connectivity index (χ0v) is 12.5. The molecule has 4 rings (SSSR count). The fourth-order valence-corrected chi connectivity index (χ4v) is 3.92. The maximum atomic E-state index is 13.5. The predicted molar refractivity (Wildman–Crippen MR) is 81.5 cm³/mol. The predicted octanol–water partition coefficient (Wildman–Crippen LogP) is 3.87. The Morgan fingerprint density at radius 1 is 1.33 bits per heavy atom. The lowest BCUT2D eigenvalue weighted by Gasteiger charge is -2.36. The van der Waals surface area contributed by atoms with E-state index in [4.69, 9.17) is 10.7 Å². The molecule has 2 aromatic rings. The maximum absolute atomic E-state index is 13.5. The van der Waals surface area contributed by atoms with E-state index < -0.39 is 0 Å². The number of halogens is 1. The van der Waals surface area contributed by atoms with E-state index in [1.54, 1.807) is 0 Å². The minimum Gasteiger partial charge on any atom is -0.323 e. The smallest absolute Gasteiger partial charge is 0.130 e. The van der Waals surface area contributed by atoms with E-state index in [0.29, 0.717) is 12.0 Å². The van der Waals surface area contributed by atoms with Gasteiger partial charge in [-0.05, 0) is 43.7 Å². The highest BCUT2D eigenvalue weighted by Gasteiger charge is 2.40. The Labute approximate surface area is 124 Å². The van der Waals surface area contributed by atoms with Gasteiger partial charge in [-0.1, -0.05) is 19.8 Å². The molecule has 2 saturated carbocycles. The molecule has 0 radical (unpaired) electrons. The summed E-state index contributed by atoms with van der Waals surface area (Å²) in [6.45, 7) is 2.27. The van der Waals surface area contributed by atoms with Crippen molar-refractivity contribution < 1.29 is 4.39 Å². The molecule has 2 N–H and O–H groups in total. The summed E-state index contributed by atoms with van der Waals surface area (Å²) < 4.78 is 15.8. The van der Waals surface area contributed by atoms with Gasteiger partial charge in [-0.2, -0.15) is 0 Å². The Balaban J connectivity index is 1.89. The van der Waals surface area contributed by atoms with E-state index in [0.717, 1.165) is 36.1 Å². The van der Waals surface area contributed by atoms with Crippen molar-refractivity contribution in [2.24, 2.45) is 11.7 Å². The van der Waals surface area contributed by atoms with Crippen molar-refractivity contribution in [1.29, 1.82) is 0 Å². The van der Waals surface area contributed by atoms with Gasteiger partial charge in [0, 0.05) is 12.1 Å². The van der Waals surface area contributed by atoms with Crippen LogP contribution in [0.15, 0.2) is 18.2 Å². The number of hydrogen-bond donors (Lipinski definition) is 1. The molecule has 0 aliphatic heterocycles. The number of fused-ring (bicyclic) bond motifs is 1. The first-order valence-corrected chi connectivity index (χ1v) is 8.04. The first-order valence-electron chi connectivity index (χ1n) is 8.04. The molecule has 0 saturated heterocycles. The van der Waals surface area contributed by atoms with E-state index in [1.165, 1.54) is 31.4 Å². The minimum atomic E-state index is -0.351. The van der Waals surface area contributed by atoms with Gasteiger partial charge in [0.1, 0.15) is 11.6 Å². The summed E-state index contributed by atoms with van der Waals surface area (Å²) >= 11 is 0. The van der Waals surface area contributed by atoms with E-state index in [1.807, 2.05) is 6.07 Å². The highest BCUT2D eigenvalue weighted by Crippen LogP contribution is 2.44. The lowest BCUT2D eigenvalue weighted by atomic mass is 9.76. The number of nitrogens with two attached hydrogens (primary N) is 1. The summed E-state index contributed by atoms with van der Waals surface area (Å²) in [5.41, 5.74) is 8.20. The van der Waals surface area contributed by atoms with Crippen LogP contribution in [0.25, 0.3) is 11.0 Å². The lowest BCUT2D eigenvalue weighted by molar-refractivity contribution is 0.223. The van der Waals surface area contributed by atoms with E-state index in [2.05, 4.69) is 11.5 Å². The van der Waals surface area contributed by atoms with Crippen LogP contribution in [-0.4, -0.2) is 9.55 Å². The summed E-state index contributed by atoms with van der Waals surface area (Å²) in [5.74, 6) is 1.39. The van der Waals surface area contributed by atoms with Crippen molar-refractivity contribution >= 4 is 11.0 Å². The standard InChI is InChI=1S/C17H22FN3/c1-11-3-2-8-17(19,10-11)16-20-14-9-12(18)4-7-15(14)21(16)13-5-6-13/h4,7,9,11,13H,2-3,5-6,8,10,19H2,1H3. The Hall–Kier alpha value is -1.42. The van der Waals surface area contributed by atoms with Crippen molar-refractivity contribution in [3.63, 3.8) is 0 Å². The second-order valence-electron chi connectivity index (χ2n) is 7.03. The van der Waals surface area contributed by atoms with Gasteiger partial charge in [0.15, 0.2) is 0 Å². The zero-order valence-electron chi connectivity index (χ0n) is 12.5. The molecule has 112 valence electrons. The fourth-order valence-electron chi connectivity index (χ4n) is 3.92. The molecule has 1 aromatic carbocycles. The summed E-state index contributed by atoms with van der Waals surface area (Å²) in [6, 6.07) is 5.43. The van der Waals surface area contributed by atoms with Crippen LogP contribution in [0.2, 0.25) is 0 Å². The van der Waals surface area contributed by atoms with Crippen molar-refractivity contribution in [2.75, 3.05) is 0 Å².